The van der Waals surface area contributed by atoms with Crippen molar-refractivity contribution in [3.63, 3.8) is 0 Å². The van der Waals surface area contributed by atoms with E-state index in [0.29, 0.717) is 6.54 Å². The van der Waals surface area contributed by atoms with Crippen molar-refractivity contribution in [2.45, 2.75) is 0 Å². The van der Waals surface area contributed by atoms with Crippen molar-refractivity contribution in [1.82, 2.24) is 10.1 Å². The third-order valence-corrected chi connectivity index (χ3v) is 1.36. The van der Waals surface area contributed by atoms with Crippen molar-refractivity contribution in [2.24, 2.45) is 5.84 Å². The average Bonchev–Trinajstić information content (AvgIpc) is 2.04. The van der Waals surface area contributed by atoms with E-state index in [9.17, 15) is 0 Å². The van der Waals surface area contributed by atoms with Crippen LogP contribution in [0.5, 0.6) is 0 Å². The van der Waals surface area contributed by atoms with Gasteiger partial charge in [-0.05, 0) is 0 Å². The van der Waals surface area contributed by atoms with Gasteiger partial charge in [-0.3, -0.25) is 5.84 Å². The second kappa shape index (κ2) is 6.79. The summed E-state index contributed by atoms with van der Waals surface area (Å²) in [5, 5.41) is 3.51. The molecule has 0 fully saturated rings. The SMILES string of the molecule is C=CCN(N)N(CC=C)CC=C. The van der Waals surface area contributed by atoms with Crippen LogP contribution in [0.2, 0.25) is 0 Å². The van der Waals surface area contributed by atoms with Gasteiger partial charge < -0.3 is 0 Å². The van der Waals surface area contributed by atoms with Gasteiger partial charge in [-0.1, -0.05) is 18.2 Å². The predicted molar refractivity (Wildman–Crippen MR) is 53.1 cm³/mol. The lowest BCUT2D eigenvalue weighted by molar-refractivity contribution is 0.00627. The zero-order chi connectivity index (χ0) is 9.40. The minimum absolute atomic E-state index is 0.627. The summed E-state index contributed by atoms with van der Waals surface area (Å²) in [4.78, 5) is 0. The first kappa shape index (κ1) is 11.1. The van der Waals surface area contributed by atoms with Gasteiger partial charge >= 0.3 is 0 Å². The maximum absolute atomic E-state index is 5.69. The van der Waals surface area contributed by atoms with Crippen molar-refractivity contribution < 1.29 is 0 Å². The van der Waals surface area contributed by atoms with E-state index in [1.165, 1.54) is 0 Å². The van der Waals surface area contributed by atoms with Crippen LogP contribution < -0.4 is 5.84 Å². The van der Waals surface area contributed by atoms with Gasteiger partial charge in [-0.2, -0.15) is 5.12 Å². The van der Waals surface area contributed by atoms with Crippen molar-refractivity contribution >= 4 is 0 Å². The van der Waals surface area contributed by atoms with E-state index in [1.54, 1.807) is 23.3 Å². The minimum Gasteiger partial charge on any atom is -0.255 e. The number of rotatable bonds is 7. The van der Waals surface area contributed by atoms with Gasteiger partial charge in [-0.15, -0.1) is 19.7 Å². The summed E-state index contributed by atoms with van der Waals surface area (Å²) in [5.74, 6) is 5.69. The van der Waals surface area contributed by atoms with Gasteiger partial charge in [0, 0.05) is 19.6 Å². The Bertz CT molecular complexity index is 144. The quantitative estimate of drug-likeness (QED) is 0.348. The van der Waals surface area contributed by atoms with Gasteiger partial charge in [0.2, 0.25) is 0 Å². The third-order valence-electron chi connectivity index (χ3n) is 1.36. The first-order valence-corrected chi connectivity index (χ1v) is 3.86. The van der Waals surface area contributed by atoms with Crippen LogP contribution in [0.1, 0.15) is 0 Å². The maximum Gasteiger partial charge on any atom is 0.0466 e. The maximum atomic E-state index is 5.69. The molecule has 0 unspecified atom stereocenters. The number of nitrogens with zero attached hydrogens (tertiary/aromatic N) is 2. The zero-order valence-corrected chi connectivity index (χ0v) is 7.45. The van der Waals surface area contributed by atoms with Gasteiger partial charge in [0.1, 0.15) is 0 Å². The molecule has 0 saturated carbocycles. The molecule has 0 aromatic carbocycles. The highest BCUT2D eigenvalue weighted by molar-refractivity contribution is 4.79. The normalized spacial score (nSPS) is 10.2. The molecule has 0 aromatic heterocycles. The Kier molecular flexibility index (Phi) is 6.28. The van der Waals surface area contributed by atoms with Crippen LogP contribution in [0.3, 0.4) is 0 Å². The fourth-order valence-corrected chi connectivity index (χ4v) is 0.830. The molecule has 0 aliphatic heterocycles. The fraction of sp³-hybridized carbons (Fsp3) is 0.333. The highest BCUT2D eigenvalue weighted by Gasteiger charge is 2.05. The van der Waals surface area contributed by atoms with Gasteiger partial charge in [-0.25, -0.2) is 5.01 Å². The summed E-state index contributed by atoms with van der Waals surface area (Å²) < 4.78 is 0. The molecule has 0 aliphatic rings. The molecule has 0 saturated heterocycles. The lowest BCUT2D eigenvalue weighted by Crippen LogP contribution is -2.47. The van der Waals surface area contributed by atoms with Gasteiger partial charge in [0.05, 0.1) is 0 Å². The Morgan fingerprint density at radius 2 is 1.33 bits per heavy atom. The van der Waals surface area contributed by atoms with Crippen LogP contribution in [-0.2, 0) is 0 Å². The molecular formula is C9H17N3. The highest BCUT2D eigenvalue weighted by Crippen LogP contribution is 1.92. The Morgan fingerprint density at radius 3 is 1.67 bits per heavy atom. The van der Waals surface area contributed by atoms with E-state index < -0.39 is 0 Å². The summed E-state index contributed by atoms with van der Waals surface area (Å²) in [6, 6.07) is 0. The molecule has 3 heteroatoms. The Hall–Kier alpha value is -0.900. The smallest absolute Gasteiger partial charge is 0.0466 e. The molecule has 0 aliphatic carbocycles. The monoisotopic (exact) mass is 167 g/mol. The van der Waals surface area contributed by atoms with E-state index in [2.05, 4.69) is 19.7 Å². The fourth-order valence-electron chi connectivity index (χ4n) is 0.830. The standard InChI is InChI=1S/C9H17N3/c1-4-7-11(8-5-2)12(10)9-6-3/h4-6H,1-3,7-10H2. The molecule has 0 bridgehead atoms. The minimum atomic E-state index is 0.627. The second-order valence-electron chi connectivity index (χ2n) is 2.36. The number of hydrazine groups is 2. The van der Waals surface area contributed by atoms with Crippen LogP contribution in [0, 0.1) is 0 Å². The van der Waals surface area contributed by atoms with Gasteiger partial charge in [0.25, 0.3) is 0 Å². The molecule has 0 atom stereocenters. The van der Waals surface area contributed by atoms with E-state index in [4.69, 9.17) is 5.84 Å². The Morgan fingerprint density at radius 1 is 0.917 bits per heavy atom. The summed E-state index contributed by atoms with van der Waals surface area (Å²) >= 11 is 0. The molecule has 0 rings (SSSR count). The van der Waals surface area contributed by atoms with Gasteiger partial charge in [0.15, 0.2) is 0 Å². The molecular weight excluding hydrogens is 150 g/mol. The van der Waals surface area contributed by atoms with Crippen molar-refractivity contribution in [2.75, 3.05) is 19.6 Å². The largest absolute Gasteiger partial charge is 0.255 e. The predicted octanol–water partition coefficient (Wildman–Crippen LogP) is 0.937. The summed E-state index contributed by atoms with van der Waals surface area (Å²) in [5.41, 5.74) is 0. The van der Waals surface area contributed by atoms with Crippen LogP contribution in [-0.4, -0.2) is 29.8 Å². The average molecular weight is 167 g/mol. The lowest BCUT2D eigenvalue weighted by Gasteiger charge is -2.28. The Labute approximate surface area is 74.4 Å². The topological polar surface area (TPSA) is 32.5 Å². The molecule has 0 radical (unpaired) electrons. The third kappa shape index (κ3) is 4.08. The van der Waals surface area contributed by atoms with E-state index in [1.807, 2.05) is 5.01 Å². The number of hydrogen-bond donors (Lipinski definition) is 1. The highest BCUT2D eigenvalue weighted by atomic mass is 15.7. The van der Waals surface area contributed by atoms with E-state index >= 15 is 0 Å². The molecule has 2 N–H and O–H groups in total. The summed E-state index contributed by atoms with van der Waals surface area (Å²) in [7, 11) is 0. The van der Waals surface area contributed by atoms with Crippen molar-refractivity contribution in [1.29, 1.82) is 0 Å². The molecule has 0 aromatic rings. The molecule has 12 heavy (non-hydrogen) atoms. The first-order valence-electron chi connectivity index (χ1n) is 3.86. The van der Waals surface area contributed by atoms with E-state index in [0.717, 1.165) is 13.1 Å². The number of hydrogen-bond acceptors (Lipinski definition) is 3. The number of nitrogens with two attached hydrogens (primary N) is 1. The molecule has 3 nitrogen and oxygen atoms in total. The lowest BCUT2D eigenvalue weighted by atomic mass is 10.5. The van der Waals surface area contributed by atoms with Crippen LogP contribution in [0.25, 0.3) is 0 Å². The van der Waals surface area contributed by atoms with Crippen molar-refractivity contribution in [3.8, 4) is 0 Å². The molecule has 68 valence electrons. The Balaban J connectivity index is 3.96. The van der Waals surface area contributed by atoms with Crippen molar-refractivity contribution in [3.05, 3.63) is 38.0 Å². The van der Waals surface area contributed by atoms with Crippen LogP contribution in [0.15, 0.2) is 38.0 Å². The zero-order valence-electron chi connectivity index (χ0n) is 7.45. The van der Waals surface area contributed by atoms with Crippen LogP contribution >= 0.6 is 0 Å². The van der Waals surface area contributed by atoms with Crippen LogP contribution in [0.4, 0.5) is 0 Å². The second-order valence-corrected chi connectivity index (χ2v) is 2.36. The molecule has 0 heterocycles. The molecule has 0 spiro atoms. The molecule has 0 amide bonds. The van der Waals surface area contributed by atoms with E-state index in [-0.39, 0.29) is 0 Å². The first-order chi connectivity index (χ1) is 5.76. The summed E-state index contributed by atoms with van der Waals surface area (Å²) in [6.07, 6.45) is 5.35. The summed E-state index contributed by atoms with van der Waals surface area (Å²) in [6.45, 7) is 12.9.